The first kappa shape index (κ1) is 25.7. The van der Waals surface area contributed by atoms with Crippen LogP contribution in [0.25, 0.3) is 16.8 Å². The van der Waals surface area contributed by atoms with Crippen molar-refractivity contribution in [2.24, 2.45) is 0 Å². The second-order valence-electron chi connectivity index (χ2n) is 8.66. The molecule has 6 nitrogen and oxygen atoms in total. The van der Waals surface area contributed by atoms with Crippen LogP contribution in [0.3, 0.4) is 0 Å². The number of halogens is 2. The van der Waals surface area contributed by atoms with E-state index in [0.717, 1.165) is 24.8 Å². The minimum Gasteiger partial charge on any atom is -0.490 e. The van der Waals surface area contributed by atoms with E-state index < -0.39 is 17.8 Å². The molecule has 0 saturated carbocycles. The molecule has 0 aromatic heterocycles. The molecular formula is C30H24FIN2O4. The molecule has 5 rings (SSSR count). The van der Waals surface area contributed by atoms with Crippen molar-refractivity contribution in [1.29, 1.82) is 0 Å². The number of hydrogen-bond acceptors (Lipinski definition) is 4. The number of nitrogens with one attached hydrogen (secondary N) is 1. The molecule has 192 valence electrons. The van der Waals surface area contributed by atoms with E-state index in [1.807, 2.05) is 37.3 Å². The lowest BCUT2D eigenvalue weighted by atomic mass is 10.1. The highest BCUT2D eigenvalue weighted by molar-refractivity contribution is 14.1. The number of ether oxygens (including phenoxy) is 2. The maximum Gasteiger partial charge on any atom is 0.329 e. The van der Waals surface area contributed by atoms with Crippen molar-refractivity contribution < 1.29 is 23.5 Å². The van der Waals surface area contributed by atoms with E-state index in [-0.39, 0.29) is 17.8 Å². The summed E-state index contributed by atoms with van der Waals surface area (Å²) < 4.78 is 27.0. The number of rotatable bonds is 8. The molecule has 1 heterocycles. The lowest BCUT2D eigenvalue weighted by Crippen LogP contribution is -2.30. The Bertz CT molecular complexity index is 1560. The van der Waals surface area contributed by atoms with Crippen LogP contribution in [0.5, 0.6) is 11.5 Å². The lowest BCUT2D eigenvalue weighted by Gasteiger charge is -2.16. The summed E-state index contributed by atoms with van der Waals surface area (Å²) in [5.74, 6) is 0.139. The quantitative estimate of drug-likeness (QED) is 0.136. The molecule has 0 spiro atoms. The molecule has 3 amide bonds. The Kier molecular flexibility index (Phi) is 7.59. The van der Waals surface area contributed by atoms with E-state index in [2.05, 4.69) is 46.1 Å². The fourth-order valence-electron chi connectivity index (χ4n) is 4.32. The molecule has 1 aliphatic rings. The minimum absolute atomic E-state index is 0.106. The SMILES string of the molecule is CCOc1cc(/C=C2/NC(=O)N(Cc3ccccc3F)C2=O)cc(I)c1OCc1cccc2ccccc12. The van der Waals surface area contributed by atoms with E-state index >= 15 is 0 Å². The first-order valence-electron chi connectivity index (χ1n) is 12.1. The first-order chi connectivity index (χ1) is 18.4. The van der Waals surface area contributed by atoms with E-state index in [4.69, 9.17) is 9.47 Å². The van der Waals surface area contributed by atoms with Crippen LogP contribution in [0.4, 0.5) is 9.18 Å². The van der Waals surface area contributed by atoms with Crippen LogP contribution in [0.15, 0.2) is 84.6 Å². The Morgan fingerprint density at radius 3 is 2.50 bits per heavy atom. The van der Waals surface area contributed by atoms with Gasteiger partial charge in [0.2, 0.25) is 0 Å². The summed E-state index contributed by atoms with van der Waals surface area (Å²) in [7, 11) is 0. The van der Waals surface area contributed by atoms with Gasteiger partial charge in [0.15, 0.2) is 11.5 Å². The van der Waals surface area contributed by atoms with Gasteiger partial charge in [-0.1, -0.05) is 60.7 Å². The molecule has 38 heavy (non-hydrogen) atoms. The molecule has 0 bridgehead atoms. The predicted octanol–water partition coefficient (Wildman–Crippen LogP) is 6.65. The predicted molar refractivity (Wildman–Crippen MR) is 152 cm³/mol. The van der Waals surface area contributed by atoms with Crippen molar-refractivity contribution in [3.63, 3.8) is 0 Å². The van der Waals surface area contributed by atoms with E-state index in [0.29, 0.717) is 30.3 Å². The zero-order valence-electron chi connectivity index (χ0n) is 20.5. The number of hydrogen-bond donors (Lipinski definition) is 1. The van der Waals surface area contributed by atoms with Gasteiger partial charge in [-0.3, -0.25) is 9.69 Å². The second-order valence-corrected chi connectivity index (χ2v) is 9.82. The molecule has 0 radical (unpaired) electrons. The van der Waals surface area contributed by atoms with Crippen molar-refractivity contribution in [3.05, 3.63) is 111 Å². The van der Waals surface area contributed by atoms with Crippen LogP contribution in [0.1, 0.15) is 23.6 Å². The van der Waals surface area contributed by atoms with Crippen LogP contribution >= 0.6 is 22.6 Å². The van der Waals surface area contributed by atoms with Crippen molar-refractivity contribution in [3.8, 4) is 11.5 Å². The summed E-state index contributed by atoms with van der Waals surface area (Å²) in [5.41, 5.74) is 2.08. The molecule has 4 aromatic carbocycles. The average Bonchev–Trinajstić information content (AvgIpc) is 3.17. The molecule has 8 heteroatoms. The number of amides is 3. The molecule has 1 aliphatic heterocycles. The van der Waals surface area contributed by atoms with Gasteiger partial charge in [-0.2, -0.15) is 0 Å². The largest absolute Gasteiger partial charge is 0.490 e. The highest BCUT2D eigenvalue weighted by atomic mass is 127. The Balaban J connectivity index is 1.39. The summed E-state index contributed by atoms with van der Waals surface area (Å²) in [6.45, 7) is 2.51. The molecular weight excluding hydrogens is 598 g/mol. The van der Waals surface area contributed by atoms with Crippen LogP contribution in [-0.2, 0) is 17.9 Å². The summed E-state index contributed by atoms with van der Waals surface area (Å²) in [6.07, 6.45) is 1.58. The van der Waals surface area contributed by atoms with Gasteiger partial charge < -0.3 is 14.8 Å². The number of carbonyl (C=O) groups is 2. The maximum absolute atomic E-state index is 14.1. The Hall–Kier alpha value is -3.92. The Morgan fingerprint density at radius 1 is 0.947 bits per heavy atom. The van der Waals surface area contributed by atoms with Gasteiger partial charge >= 0.3 is 6.03 Å². The van der Waals surface area contributed by atoms with Crippen LogP contribution < -0.4 is 14.8 Å². The monoisotopic (exact) mass is 622 g/mol. The third-order valence-electron chi connectivity index (χ3n) is 6.14. The lowest BCUT2D eigenvalue weighted by molar-refractivity contribution is -0.123. The highest BCUT2D eigenvalue weighted by Gasteiger charge is 2.34. The van der Waals surface area contributed by atoms with Gasteiger partial charge in [0.05, 0.1) is 16.7 Å². The number of carbonyl (C=O) groups excluding carboxylic acids is 2. The Morgan fingerprint density at radius 2 is 1.68 bits per heavy atom. The number of benzene rings is 4. The van der Waals surface area contributed by atoms with Gasteiger partial charge in [-0.25, -0.2) is 9.18 Å². The summed E-state index contributed by atoms with van der Waals surface area (Å²) in [4.78, 5) is 26.4. The number of nitrogens with zero attached hydrogens (tertiary/aromatic N) is 1. The molecule has 1 fully saturated rings. The average molecular weight is 622 g/mol. The van der Waals surface area contributed by atoms with Crippen LogP contribution in [0.2, 0.25) is 0 Å². The fraction of sp³-hybridized carbons (Fsp3) is 0.133. The fourth-order valence-corrected chi connectivity index (χ4v) is 5.10. The van der Waals surface area contributed by atoms with Gasteiger partial charge in [-0.15, -0.1) is 0 Å². The molecule has 4 aromatic rings. The maximum atomic E-state index is 14.1. The van der Waals surface area contributed by atoms with Crippen molar-refractivity contribution >= 4 is 51.4 Å². The first-order valence-corrected chi connectivity index (χ1v) is 13.2. The summed E-state index contributed by atoms with van der Waals surface area (Å²) in [6, 6.07) is 23.4. The second kappa shape index (κ2) is 11.2. The number of fused-ring (bicyclic) bond motifs is 1. The van der Waals surface area contributed by atoms with Crippen molar-refractivity contribution in [2.75, 3.05) is 6.61 Å². The van der Waals surface area contributed by atoms with Crippen molar-refractivity contribution in [2.45, 2.75) is 20.1 Å². The topological polar surface area (TPSA) is 67.9 Å². The summed E-state index contributed by atoms with van der Waals surface area (Å²) >= 11 is 2.17. The molecule has 0 atom stereocenters. The third kappa shape index (κ3) is 5.35. The normalized spacial score (nSPS) is 14.3. The molecule has 1 N–H and O–H groups in total. The molecule has 0 aliphatic carbocycles. The van der Waals surface area contributed by atoms with Gasteiger partial charge in [0.25, 0.3) is 5.91 Å². The van der Waals surface area contributed by atoms with Crippen LogP contribution in [-0.4, -0.2) is 23.4 Å². The van der Waals surface area contributed by atoms with E-state index in [1.54, 1.807) is 30.3 Å². The van der Waals surface area contributed by atoms with Gasteiger partial charge in [-0.05, 0) is 75.7 Å². The van der Waals surface area contributed by atoms with Crippen LogP contribution in [0, 0.1) is 9.39 Å². The van der Waals surface area contributed by atoms with Crippen molar-refractivity contribution in [1.82, 2.24) is 10.2 Å². The standard InChI is InChI=1S/C30H24FIN2O4/c1-2-37-27-16-19(15-26-29(35)34(30(36)33-26)17-21-9-4-6-13-24(21)31)14-25(32)28(27)38-18-22-11-7-10-20-8-3-5-12-23(20)22/h3-16H,2,17-18H2,1H3,(H,33,36)/b26-15+. The minimum atomic E-state index is -0.598. The van der Waals surface area contributed by atoms with Gasteiger partial charge in [0, 0.05) is 5.56 Å². The highest BCUT2D eigenvalue weighted by Crippen LogP contribution is 2.36. The number of imide groups is 1. The van der Waals surface area contributed by atoms with Gasteiger partial charge in [0.1, 0.15) is 18.1 Å². The smallest absolute Gasteiger partial charge is 0.329 e. The zero-order chi connectivity index (χ0) is 26.6. The number of urea groups is 1. The van der Waals surface area contributed by atoms with E-state index in [9.17, 15) is 14.0 Å². The molecule has 0 unspecified atom stereocenters. The summed E-state index contributed by atoms with van der Waals surface area (Å²) in [5, 5.41) is 4.86. The zero-order valence-corrected chi connectivity index (χ0v) is 22.7. The van der Waals surface area contributed by atoms with E-state index in [1.165, 1.54) is 6.07 Å². The third-order valence-corrected chi connectivity index (χ3v) is 6.94. The Labute approximate surface area is 233 Å². The molecule has 1 saturated heterocycles.